The number of hydrogen-bond donors (Lipinski definition) is 2. The molecule has 26 heavy (non-hydrogen) atoms. The van der Waals surface area contributed by atoms with Crippen LogP contribution in [0, 0.1) is 11.7 Å². The number of carbonyl (C=O) groups excluding carboxylic acids is 1. The summed E-state index contributed by atoms with van der Waals surface area (Å²) in [5, 5.41) is 0.998. The lowest BCUT2D eigenvalue weighted by molar-refractivity contribution is -0.125. The normalized spacial score (nSPS) is 19.4. The quantitative estimate of drug-likeness (QED) is 0.522. The van der Waals surface area contributed by atoms with Gasteiger partial charge >= 0.3 is 0 Å². The Morgan fingerprint density at radius 2 is 1.85 bits per heavy atom. The maximum absolute atomic E-state index is 13.0. The Bertz CT molecular complexity index is 918. The molecule has 1 aliphatic rings. The second kappa shape index (κ2) is 7.25. The molecule has 0 saturated heterocycles. The van der Waals surface area contributed by atoms with Crippen LogP contribution in [0.5, 0.6) is 0 Å². The number of benzene rings is 2. The second-order valence-electron chi connectivity index (χ2n) is 6.30. The summed E-state index contributed by atoms with van der Waals surface area (Å²) >= 11 is 1.65. The number of amides is 1. The van der Waals surface area contributed by atoms with Gasteiger partial charge in [0.05, 0.1) is 26.8 Å². The van der Waals surface area contributed by atoms with E-state index >= 15 is 0 Å². The number of para-hydroxylation sites is 1. The van der Waals surface area contributed by atoms with Crippen LogP contribution in [-0.2, 0) is 4.79 Å². The highest BCUT2D eigenvalue weighted by Crippen LogP contribution is 2.38. The zero-order valence-corrected chi connectivity index (χ0v) is 14.8. The summed E-state index contributed by atoms with van der Waals surface area (Å²) in [5.41, 5.74) is 7.23. The average Bonchev–Trinajstić information content (AvgIpc) is 3.11. The zero-order chi connectivity index (χ0) is 17.9. The van der Waals surface area contributed by atoms with Crippen molar-refractivity contribution >= 4 is 33.1 Å². The molecule has 1 aromatic heterocycles. The molecule has 0 fully saturated rings. The number of nitrogens with one attached hydrogen (secondary N) is 2. The first-order chi connectivity index (χ1) is 12.7. The lowest BCUT2D eigenvalue weighted by atomic mass is 9.83. The Balaban J connectivity index is 1.50. The van der Waals surface area contributed by atoms with E-state index in [4.69, 9.17) is 4.98 Å². The summed E-state index contributed by atoms with van der Waals surface area (Å²) in [6.45, 7) is 0. The molecule has 3 aromatic rings. The third kappa shape index (κ3) is 3.46. The standard InChI is InChI=1S/C20H18FN3OS/c21-13-9-11-14(12-10-13)23-24-19(25)15-5-1-2-6-16(15)20-22-17-7-3-4-8-18(17)26-20/h1-4,7-12,15-16,23H,5-6H2,(H,24,25)/t15-,16-/m1/s1. The van der Waals surface area contributed by atoms with Crippen LogP contribution in [0.15, 0.2) is 60.7 Å². The number of rotatable bonds is 4. The Morgan fingerprint density at radius 1 is 1.08 bits per heavy atom. The van der Waals surface area contributed by atoms with Gasteiger partial charge in [-0.1, -0.05) is 24.3 Å². The summed E-state index contributed by atoms with van der Waals surface area (Å²) in [4.78, 5) is 17.5. The summed E-state index contributed by atoms with van der Waals surface area (Å²) < 4.78 is 14.1. The largest absolute Gasteiger partial charge is 0.299 e. The number of aromatic nitrogens is 1. The minimum atomic E-state index is -0.310. The number of hydrogen-bond acceptors (Lipinski definition) is 4. The van der Waals surface area contributed by atoms with E-state index < -0.39 is 0 Å². The Kier molecular flexibility index (Phi) is 4.67. The van der Waals surface area contributed by atoms with Crippen LogP contribution in [0.2, 0.25) is 0 Å². The van der Waals surface area contributed by atoms with Gasteiger partial charge in [0, 0.05) is 5.92 Å². The molecule has 0 saturated carbocycles. The number of fused-ring (bicyclic) bond motifs is 1. The van der Waals surface area contributed by atoms with Gasteiger partial charge in [-0.15, -0.1) is 11.3 Å². The van der Waals surface area contributed by atoms with Gasteiger partial charge in [-0.25, -0.2) is 9.37 Å². The van der Waals surface area contributed by atoms with E-state index in [9.17, 15) is 9.18 Å². The van der Waals surface area contributed by atoms with E-state index in [0.29, 0.717) is 12.1 Å². The SMILES string of the molecule is O=C(NNc1ccc(F)cc1)[C@@H]1CC=CC[C@H]1c1nc2ccccc2s1. The minimum Gasteiger partial charge on any atom is -0.299 e. The molecule has 0 unspecified atom stereocenters. The molecule has 132 valence electrons. The maximum Gasteiger partial charge on any atom is 0.242 e. The third-order valence-corrected chi connectivity index (χ3v) is 5.74. The predicted molar refractivity (Wildman–Crippen MR) is 102 cm³/mol. The predicted octanol–water partition coefficient (Wildman–Crippen LogP) is 4.63. The van der Waals surface area contributed by atoms with Crippen molar-refractivity contribution in [2.75, 3.05) is 5.43 Å². The molecule has 0 aliphatic heterocycles. The van der Waals surface area contributed by atoms with E-state index in [1.807, 2.05) is 24.3 Å². The van der Waals surface area contributed by atoms with E-state index in [1.165, 1.54) is 12.1 Å². The molecule has 0 bridgehead atoms. The molecule has 0 radical (unpaired) electrons. The van der Waals surface area contributed by atoms with Crippen LogP contribution in [0.3, 0.4) is 0 Å². The van der Waals surface area contributed by atoms with Gasteiger partial charge in [0.1, 0.15) is 5.82 Å². The van der Waals surface area contributed by atoms with Crippen LogP contribution in [0.4, 0.5) is 10.1 Å². The van der Waals surface area contributed by atoms with Crippen LogP contribution >= 0.6 is 11.3 Å². The fraction of sp³-hybridized carbons (Fsp3) is 0.200. The van der Waals surface area contributed by atoms with Gasteiger partial charge in [-0.2, -0.15) is 0 Å². The van der Waals surface area contributed by atoms with Crippen molar-refractivity contribution in [2.24, 2.45) is 5.92 Å². The first-order valence-electron chi connectivity index (χ1n) is 8.52. The van der Waals surface area contributed by atoms with Gasteiger partial charge in [-0.3, -0.25) is 15.6 Å². The first-order valence-corrected chi connectivity index (χ1v) is 9.34. The highest BCUT2D eigenvalue weighted by atomic mass is 32.1. The number of anilines is 1. The molecule has 6 heteroatoms. The van der Waals surface area contributed by atoms with Crippen molar-refractivity contribution < 1.29 is 9.18 Å². The molecule has 1 amide bonds. The number of nitrogens with zero attached hydrogens (tertiary/aromatic N) is 1. The molecular formula is C20H18FN3OS. The second-order valence-corrected chi connectivity index (χ2v) is 7.36. The van der Waals surface area contributed by atoms with E-state index in [1.54, 1.807) is 23.5 Å². The van der Waals surface area contributed by atoms with Crippen molar-refractivity contribution in [3.05, 3.63) is 71.5 Å². The van der Waals surface area contributed by atoms with Crippen molar-refractivity contribution in [3.8, 4) is 0 Å². The van der Waals surface area contributed by atoms with E-state index in [-0.39, 0.29) is 23.6 Å². The Labute approximate surface area is 154 Å². The fourth-order valence-electron chi connectivity index (χ4n) is 3.19. The molecule has 1 heterocycles. The van der Waals surface area contributed by atoms with Gasteiger partial charge in [-0.05, 0) is 49.2 Å². The molecule has 2 N–H and O–H groups in total. The highest BCUT2D eigenvalue weighted by molar-refractivity contribution is 7.18. The van der Waals surface area contributed by atoms with Gasteiger partial charge < -0.3 is 0 Å². The summed E-state index contributed by atoms with van der Waals surface area (Å²) in [7, 11) is 0. The van der Waals surface area contributed by atoms with Crippen LogP contribution in [-0.4, -0.2) is 10.9 Å². The van der Waals surface area contributed by atoms with Crippen molar-refractivity contribution in [3.63, 3.8) is 0 Å². The molecule has 1 aliphatic carbocycles. The minimum absolute atomic E-state index is 0.0624. The van der Waals surface area contributed by atoms with Crippen molar-refractivity contribution in [2.45, 2.75) is 18.8 Å². The first kappa shape index (κ1) is 16.7. The van der Waals surface area contributed by atoms with Crippen molar-refractivity contribution in [1.82, 2.24) is 10.4 Å². The van der Waals surface area contributed by atoms with Crippen LogP contribution < -0.4 is 10.9 Å². The van der Waals surface area contributed by atoms with Crippen molar-refractivity contribution in [1.29, 1.82) is 0 Å². The maximum atomic E-state index is 13.0. The molecule has 0 spiro atoms. The van der Waals surface area contributed by atoms with Gasteiger partial charge in [0.2, 0.25) is 5.91 Å². The summed E-state index contributed by atoms with van der Waals surface area (Å²) in [5.74, 6) is -0.515. The Morgan fingerprint density at radius 3 is 2.65 bits per heavy atom. The summed E-state index contributed by atoms with van der Waals surface area (Å²) in [6.07, 6.45) is 5.64. The van der Waals surface area contributed by atoms with E-state index in [2.05, 4.69) is 23.0 Å². The molecular weight excluding hydrogens is 349 g/mol. The number of halogens is 1. The number of hydrazine groups is 1. The zero-order valence-electron chi connectivity index (χ0n) is 14.0. The fourth-order valence-corrected chi connectivity index (χ4v) is 4.33. The molecule has 2 aromatic carbocycles. The number of carbonyl (C=O) groups is 1. The number of allylic oxidation sites excluding steroid dienone is 2. The van der Waals surface area contributed by atoms with Crippen LogP contribution in [0.1, 0.15) is 23.8 Å². The average molecular weight is 367 g/mol. The lowest BCUT2D eigenvalue weighted by Gasteiger charge is -2.26. The molecule has 2 atom stereocenters. The lowest BCUT2D eigenvalue weighted by Crippen LogP contribution is -2.38. The Hall–Kier alpha value is -2.73. The topological polar surface area (TPSA) is 54.0 Å². The van der Waals surface area contributed by atoms with Crippen LogP contribution in [0.25, 0.3) is 10.2 Å². The van der Waals surface area contributed by atoms with E-state index in [0.717, 1.165) is 21.6 Å². The smallest absolute Gasteiger partial charge is 0.242 e. The third-order valence-electron chi connectivity index (χ3n) is 4.57. The highest BCUT2D eigenvalue weighted by Gasteiger charge is 2.32. The monoisotopic (exact) mass is 367 g/mol. The molecule has 4 nitrogen and oxygen atoms in total. The molecule has 4 rings (SSSR count). The number of thiazole rings is 1. The summed E-state index contributed by atoms with van der Waals surface area (Å²) in [6, 6.07) is 13.9. The van der Waals surface area contributed by atoms with Gasteiger partial charge in [0.25, 0.3) is 0 Å². The van der Waals surface area contributed by atoms with Gasteiger partial charge in [0.15, 0.2) is 0 Å².